The van der Waals surface area contributed by atoms with Gasteiger partial charge in [-0.2, -0.15) is 6.08 Å². The molecule has 6 aliphatic carbocycles. The Morgan fingerprint density at radius 1 is 0.727 bits per heavy atom. The Balaban J connectivity index is 0.000000131. The molecule has 1 unspecified atom stereocenters. The van der Waals surface area contributed by atoms with Crippen LogP contribution in [0.15, 0.2) is 60.2 Å². The van der Waals surface area contributed by atoms with Crippen molar-refractivity contribution in [3.05, 3.63) is 77.4 Å². The van der Waals surface area contributed by atoms with E-state index in [1.54, 1.807) is 52.3 Å². The van der Waals surface area contributed by atoms with E-state index < -0.39 is 0 Å². The van der Waals surface area contributed by atoms with Gasteiger partial charge in [-0.05, 0) is 72.5 Å². The summed E-state index contributed by atoms with van der Waals surface area (Å²) in [6, 6.07) is 16.1. The Morgan fingerprint density at radius 3 is 1.57 bits per heavy atom. The first-order chi connectivity index (χ1) is 20.8. The molecule has 0 aromatic heterocycles. The van der Waals surface area contributed by atoms with Crippen molar-refractivity contribution < 1.29 is 24.2 Å². The summed E-state index contributed by atoms with van der Waals surface area (Å²) < 4.78 is 1.80. The monoisotopic (exact) mass is 662 g/mol. The van der Waals surface area contributed by atoms with Gasteiger partial charge in [0, 0.05) is 0 Å². The Kier molecular flexibility index (Phi) is 9.32. The number of rotatable bonds is 1. The summed E-state index contributed by atoms with van der Waals surface area (Å²) in [5, 5.41) is 5.49. The summed E-state index contributed by atoms with van der Waals surface area (Å²) in [6.07, 6.45) is 24.9. The van der Waals surface area contributed by atoms with Crippen molar-refractivity contribution in [2.24, 2.45) is 29.1 Å². The third kappa shape index (κ3) is 7.09. The van der Waals surface area contributed by atoms with Crippen molar-refractivity contribution in [2.75, 3.05) is 0 Å². The molecule has 44 heavy (non-hydrogen) atoms. The molecule has 0 amide bonds. The molecule has 9 rings (SSSR count). The second kappa shape index (κ2) is 12.6. The average molecular weight is 664 g/mol. The second-order valence-electron chi connectivity index (χ2n) is 17.3. The van der Waals surface area contributed by atoms with E-state index in [1.165, 1.54) is 84.0 Å². The van der Waals surface area contributed by atoms with Crippen molar-refractivity contribution in [3.8, 4) is 0 Å². The third-order valence-electron chi connectivity index (χ3n) is 11.4. The molecule has 0 heterocycles. The van der Waals surface area contributed by atoms with Crippen LogP contribution in [0.25, 0.3) is 21.5 Å². The van der Waals surface area contributed by atoms with Gasteiger partial charge in [0.15, 0.2) is 0 Å². The summed E-state index contributed by atoms with van der Waals surface area (Å²) in [7, 11) is 0. The fourth-order valence-electron chi connectivity index (χ4n) is 9.26. The Bertz CT molecular complexity index is 1450. The molecule has 0 spiro atoms. The Hall–Kier alpha value is -1.46. The molecule has 3 aromatic rings. The molecule has 0 N–H and O–H groups in total. The molecule has 1 atom stereocenters. The number of fused-ring (bicyclic) bond motifs is 3. The summed E-state index contributed by atoms with van der Waals surface area (Å²) in [4.78, 5) is 0. The zero-order valence-corrected chi connectivity index (χ0v) is 31.2. The van der Waals surface area contributed by atoms with E-state index in [4.69, 9.17) is 0 Å². The van der Waals surface area contributed by atoms with E-state index >= 15 is 0 Å². The van der Waals surface area contributed by atoms with E-state index in [0.29, 0.717) is 11.3 Å². The second-order valence-corrected chi connectivity index (χ2v) is 19.1. The number of hydrogen-bond donors (Lipinski definition) is 0. The number of benzene rings is 2. The fourth-order valence-corrected chi connectivity index (χ4v) is 10.1. The van der Waals surface area contributed by atoms with Gasteiger partial charge in [-0.25, -0.2) is 11.6 Å². The zero-order valence-electron chi connectivity index (χ0n) is 28.8. The van der Waals surface area contributed by atoms with Crippen LogP contribution in [0.4, 0.5) is 0 Å². The molecule has 0 aliphatic heterocycles. The van der Waals surface area contributed by atoms with E-state index in [9.17, 15) is 0 Å². The van der Waals surface area contributed by atoms with Crippen LogP contribution in [-0.2, 0) is 35.1 Å². The first-order valence-corrected chi connectivity index (χ1v) is 19.0. The van der Waals surface area contributed by atoms with Crippen LogP contribution in [0.5, 0.6) is 0 Å². The van der Waals surface area contributed by atoms with Gasteiger partial charge in [0.1, 0.15) is 0 Å². The summed E-state index contributed by atoms with van der Waals surface area (Å²) >= 11 is 1.69. The van der Waals surface area contributed by atoms with Gasteiger partial charge in [0.05, 0.1) is 0 Å². The summed E-state index contributed by atoms with van der Waals surface area (Å²) in [5.41, 5.74) is 5.38. The van der Waals surface area contributed by atoms with E-state index in [2.05, 4.69) is 109 Å². The van der Waals surface area contributed by atoms with Crippen LogP contribution < -0.4 is 0 Å². The Morgan fingerprint density at radius 2 is 1.20 bits per heavy atom. The molecule has 0 saturated heterocycles. The van der Waals surface area contributed by atoms with E-state index in [-0.39, 0.29) is 10.8 Å². The minimum atomic E-state index is 0.194. The first-order valence-electron chi connectivity index (χ1n) is 17.8. The minimum absolute atomic E-state index is 0.194. The molecular formula is C43H56Zr. The number of allylic oxidation sites excluding steroid dienone is 4. The SMILES string of the molecule is CC(C)(C)c1ccc2[cH-]c3ccc(C(C)(C)C)cc3c2c1.CC1[C-]=C(C23CC4CC(CC(C4)C2)C3)C=C1.[Zr+2]=[C]1CCCCC1. The van der Waals surface area contributed by atoms with Gasteiger partial charge in [0.2, 0.25) is 0 Å². The van der Waals surface area contributed by atoms with Crippen LogP contribution in [0.1, 0.15) is 130 Å². The zero-order chi connectivity index (χ0) is 31.3. The molecule has 232 valence electrons. The van der Waals surface area contributed by atoms with E-state index in [0.717, 1.165) is 17.8 Å². The standard InChI is InChI=1S/C21H25.C16H21.C6H10.Zr/c1-20(2,3)16-9-7-14-11-15-8-10-17(21(4,5)6)13-19(15)18(14)12-16;1-11-2-3-15(4-11)16-8-12-5-13(9-16)7-14(6-12)10-16;1-2-4-6-5-3-1;/h7-13H,1-6H3;2-3,11-14H,5-10H2,1H3;1-5H2;/q2*-1;;+2. The van der Waals surface area contributed by atoms with Crippen LogP contribution >= 0.6 is 0 Å². The van der Waals surface area contributed by atoms with Gasteiger partial charge in [-0.1, -0.05) is 89.8 Å². The summed E-state index contributed by atoms with van der Waals surface area (Å²) in [6.45, 7) is 15.9. The van der Waals surface area contributed by atoms with Crippen LogP contribution in [0, 0.1) is 35.2 Å². The molecule has 5 fully saturated rings. The molecule has 0 nitrogen and oxygen atoms in total. The molecule has 5 saturated carbocycles. The molecule has 1 heteroatoms. The van der Waals surface area contributed by atoms with Crippen molar-refractivity contribution in [2.45, 2.75) is 130 Å². The van der Waals surface area contributed by atoms with E-state index in [1.807, 2.05) is 0 Å². The predicted octanol–water partition coefficient (Wildman–Crippen LogP) is 12.1. The molecular weight excluding hydrogens is 608 g/mol. The summed E-state index contributed by atoms with van der Waals surface area (Å²) in [5.74, 6) is 3.75. The number of hydrogen-bond acceptors (Lipinski definition) is 0. The van der Waals surface area contributed by atoms with Crippen LogP contribution in [0.3, 0.4) is 0 Å². The van der Waals surface area contributed by atoms with Crippen LogP contribution in [0.2, 0.25) is 0 Å². The average Bonchev–Trinajstić information content (AvgIpc) is 3.56. The third-order valence-corrected chi connectivity index (χ3v) is 12.7. The van der Waals surface area contributed by atoms with Crippen LogP contribution in [-0.4, -0.2) is 3.21 Å². The molecule has 6 aliphatic rings. The molecule has 4 bridgehead atoms. The topological polar surface area (TPSA) is 0 Å². The predicted molar refractivity (Wildman–Crippen MR) is 188 cm³/mol. The van der Waals surface area contributed by atoms with Gasteiger partial charge in [-0.3, -0.25) is 6.08 Å². The van der Waals surface area contributed by atoms with Crippen molar-refractivity contribution in [1.82, 2.24) is 0 Å². The quantitative estimate of drug-likeness (QED) is 0.227. The van der Waals surface area contributed by atoms with Gasteiger partial charge in [0.25, 0.3) is 0 Å². The normalized spacial score (nSPS) is 29.4. The fraction of sp³-hybridized carbons (Fsp3) is 0.581. The van der Waals surface area contributed by atoms with Gasteiger partial charge in [-0.15, -0.1) is 39.7 Å². The first kappa shape index (κ1) is 32.5. The van der Waals surface area contributed by atoms with Crippen molar-refractivity contribution in [3.63, 3.8) is 0 Å². The van der Waals surface area contributed by atoms with Crippen molar-refractivity contribution in [1.29, 1.82) is 0 Å². The Labute approximate surface area is 283 Å². The molecule has 3 aromatic carbocycles. The molecule has 0 radical (unpaired) electrons. The van der Waals surface area contributed by atoms with Gasteiger partial charge >= 0.3 is 59.5 Å². The maximum absolute atomic E-state index is 3.72. The van der Waals surface area contributed by atoms with Crippen molar-refractivity contribution >= 4 is 24.8 Å². The maximum atomic E-state index is 3.72. The van der Waals surface area contributed by atoms with Gasteiger partial charge < -0.3 is 0 Å².